The first-order chi connectivity index (χ1) is 28.9. The smallest absolute Gasteiger partial charge is 0.161 e. The summed E-state index contributed by atoms with van der Waals surface area (Å²) in [5, 5.41) is 12.5. The van der Waals surface area contributed by atoms with Crippen LogP contribution in [-0.4, -0.2) is 91.0 Å². The second kappa shape index (κ2) is 17.6. The van der Waals surface area contributed by atoms with Gasteiger partial charge in [-0.1, -0.05) is 62.5 Å². The molecule has 0 spiro atoms. The first-order valence-electron chi connectivity index (χ1n) is 19.4. The molecule has 6 heterocycles. The number of hydrogen-bond acceptors (Lipinski definition) is 10. The van der Waals surface area contributed by atoms with Gasteiger partial charge in [0.1, 0.15) is 58.9 Å². The summed E-state index contributed by atoms with van der Waals surface area (Å²) >= 11 is 11.9. The highest BCUT2D eigenvalue weighted by Gasteiger charge is 2.22. The zero-order chi connectivity index (χ0) is 43.8. The Bertz CT molecular complexity index is 2940. The molecule has 20 heteroatoms. The third kappa shape index (κ3) is 9.64. The molecule has 2 aromatic carbocycles. The lowest BCUT2D eigenvalue weighted by Gasteiger charge is -2.15. The Hall–Kier alpha value is -5.25. The number of aldehydes is 2. The molecule has 0 aliphatic carbocycles. The Morgan fingerprint density at radius 1 is 0.721 bits per heavy atom. The summed E-state index contributed by atoms with van der Waals surface area (Å²) in [5.74, 6) is -0.997. The molecule has 0 fully saturated rings. The fourth-order valence-electron chi connectivity index (χ4n) is 6.58. The van der Waals surface area contributed by atoms with Crippen LogP contribution in [-0.2, 0) is 30.0 Å². The van der Waals surface area contributed by atoms with E-state index in [0.29, 0.717) is 85.9 Å². The number of nitrogens with one attached hydrogen (secondary N) is 1. The maximum Gasteiger partial charge on any atom is 0.161 e. The monoisotopic (exact) mass is 904 g/mol. The number of aromatic amines is 1. The molecular weight excluding hydrogens is 862 g/mol. The molecule has 0 radical (unpaired) electrons. The van der Waals surface area contributed by atoms with E-state index in [9.17, 15) is 18.4 Å². The van der Waals surface area contributed by atoms with E-state index in [0.717, 1.165) is 24.7 Å². The van der Waals surface area contributed by atoms with Gasteiger partial charge in [0, 0.05) is 58.8 Å². The SMILES string of the molecule is C[Si](C)(C)CCOCn1cc(C=O)c2nc(-c3n[nH]c4cc(Cl)cc(F)c34)cnc21.Cn1nc(-c2cnc3c(n2)c(C=O)cn3COCC[Si](C)(C)C)c2c(F)cc(Cl)cc21. The van der Waals surface area contributed by atoms with Crippen molar-refractivity contribution in [1.29, 1.82) is 0 Å². The number of nitrogens with zero attached hydrogens (tertiary/aromatic N) is 9. The van der Waals surface area contributed by atoms with E-state index in [1.807, 2.05) is 0 Å². The lowest BCUT2D eigenvalue weighted by Crippen LogP contribution is -2.22. The molecule has 0 aliphatic heterocycles. The van der Waals surface area contributed by atoms with E-state index in [1.54, 1.807) is 45.4 Å². The molecule has 0 bridgehead atoms. The maximum absolute atomic E-state index is 14.7. The first-order valence-corrected chi connectivity index (χ1v) is 27.5. The fraction of sp³-hybridized carbons (Fsp3) is 0.317. The van der Waals surface area contributed by atoms with E-state index in [1.165, 1.54) is 24.5 Å². The van der Waals surface area contributed by atoms with Crippen LogP contribution in [0.25, 0.3) is 66.9 Å². The van der Waals surface area contributed by atoms with Crippen LogP contribution >= 0.6 is 23.2 Å². The van der Waals surface area contributed by atoms with Crippen LogP contribution in [0.1, 0.15) is 20.7 Å². The van der Waals surface area contributed by atoms with Gasteiger partial charge in [0.05, 0.1) is 45.3 Å². The van der Waals surface area contributed by atoms with Crippen molar-refractivity contribution >= 4 is 96.1 Å². The molecule has 8 aromatic rings. The lowest BCUT2D eigenvalue weighted by molar-refractivity contribution is 0.0895. The van der Waals surface area contributed by atoms with Crippen LogP contribution < -0.4 is 0 Å². The Kier molecular flexibility index (Phi) is 12.7. The molecule has 6 aromatic heterocycles. The van der Waals surface area contributed by atoms with Gasteiger partial charge in [-0.05, 0) is 36.4 Å². The zero-order valence-corrected chi connectivity index (χ0v) is 38.2. The van der Waals surface area contributed by atoms with Gasteiger partial charge < -0.3 is 18.6 Å². The van der Waals surface area contributed by atoms with E-state index in [2.05, 4.69) is 74.5 Å². The van der Waals surface area contributed by atoms with Gasteiger partial charge in [0.15, 0.2) is 23.9 Å². The van der Waals surface area contributed by atoms with Gasteiger partial charge in [-0.25, -0.2) is 28.7 Å². The van der Waals surface area contributed by atoms with E-state index >= 15 is 0 Å². The third-order valence-electron chi connectivity index (χ3n) is 9.83. The number of fused-ring (bicyclic) bond motifs is 4. The van der Waals surface area contributed by atoms with Crippen molar-refractivity contribution in [3.05, 3.63) is 81.9 Å². The van der Waals surface area contributed by atoms with Crippen LogP contribution in [0.3, 0.4) is 0 Å². The predicted octanol–water partition coefficient (Wildman–Crippen LogP) is 9.79. The highest BCUT2D eigenvalue weighted by atomic mass is 35.5. The normalized spacial score (nSPS) is 12.2. The maximum atomic E-state index is 14.7. The van der Waals surface area contributed by atoms with Crippen LogP contribution in [0.15, 0.2) is 49.1 Å². The summed E-state index contributed by atoms with van der Waals surface area (Å²) in [6.45, 7) is 15.6. The Morgan fingerprint density at radius 3 is 1.72 bits per heavy atom. The molecule has 8 rings (SSSR count). The second-order valence-corrected chi connectivity index (χ2v) is 29.1. The van der Waals surface area contributed by atoms with Crippen LogP contribution in [0.4, 0.5) is 8.78 Å². The van der Waals surface area contributed by atoms with Crippen molar-refractivity contribution in [1.82, 2.24) is 49.0 Å². The number of carbonyl (C=O) groups excluding carboxylic acids is 2. The van der Waals surface area contributed by atoms with Gasteiger partial charge >= 0.3 is 0 Å². The predicted molar refractivity (Wildman–Crippen MR) is 239 cm³/mol. The minimum absolute atomic E-state index is 0.270. The molecule has 0 aliphatic rings. The molecule has 0 saturated carbocycles. The second-order valence-electron chi connectivity index (χ2n) is 17.0. The summed E-state index contributed by atoms with van der Waals surface area (Å²) in [7, 11) is -0.671. The number of ether oxygens (including phenoxy) is 2. The van der Waals surface area contributed by atoms with Gasteiger partial charge in [0.25, 0.3) is 0 Å². The molecule has 14 nitrogen and oxygen atoms in total. The highest BCUT2D eigenvalue weighted by Crippen LogP contribution is 2.33. The molecule has 0 atom stereocenters. The lowest BCUT2D eigenvalue weighted by atomic mass is 10.1. The number of carbonyl (C=O) groups is 2. The van der Waals surface area contributed by atoms with Gasteiger partial charge in [-0.3, -0.25) is 19.4 Å². The van der Waals surface area contributed by atoms with Crippen molar-refractivity contribution < 1.29 is 27.8 Å². The molecule has 1 N–H and O–H groups in total. The highest BCUT2D eigenvalue weighted by molar-refractivity contribution is 6.76. The summed E-state index contributed by atoms with van der Waals surface area (Å²) in [4.78, 5) is 41.3. The molecule has 0 amide bonds. The van der Waals surface area contributed by atoms with Crippen molar-refractivity contribution in [3.8, 4) is 22.8 Å². The largest absolute Gasteiger partial charge is 0.361 e. The first kappa shape index (κ1) is 43.8. The third-order valence-corrected chi connectivity index (χ3v) is 13.7. The van der Waals surface area contributed by atoms with E-state index in [-0.39, 0.29) is 28.9 Å². The summed E-state index contributed by atoms with van der Waals surface area (Å²) in [6, 6.07) is 7.79. The standard InChI is InChI=1S/C21H23ClFN5O2Si.C20H21ClFN5O2Si/c1-27-17-8-14(22)7-15(23)18(17)20(26-27)16-9-24-21-19(25-16)13(11-29)10-28(21)12-30-5-6-31(2,3)4;1-30(2,3)5-4-29-11-27-9-12(10-28)18-20(27)23-8-16(24-18)19-17-14(22)6-13(21)7-15(17)25-26-19/h7-11H,5-6,12H2,1-4H3;6-10H,4-5,11H2,1-3H3,(H,25,26). The van der Waals surface area contributed by atoms with Crippen molar-refractivity contribution in [3.63, 3.8) is 0 Å². The number of hydrogen-bond donors (Lipinski definition) is 1. The van der Waals surface area contributed by atoms with Crippen molar-refractivity contribution in [2.75, 3.05) is 13.2 Å². The van der Waals surface area contributed by atoms with Crippen molar-refractivity contribution in [2.24, 2.45) is 7.05 Å². The molecule has 61 heavy (non-hydrogen) atoms. The number of H-pyrrole nitrogens is 1. The Morgan fingerprint density at radius 2 is 1.21 bits per heavy atom. The van der Waals surface area contributed by atoms with E-state index in [4.69, 9.17) is 32.7 Å². The number of aryl methyl sites for hydroxylation is 1. The van der Waals surface area contributed by atoms with E-state index < -0.39 is 27.8 Å². The molecule has 318 valence electrons. The van der Waals surface area contributed by atoms with Crippen LogP contribution in [0.5, 0.6) is 0 Å². The topological polar surface area (TPSA) is 161 Å². The van der Waals surface area contributed by atoms with Gasteiger partial charge in [0.2, 0.25) is 0 Å². The molecular formula is C41H44Cl2F2N10O4Si2. The average molecular weight is 906 g/mol. The molecule has 0 saturated heterocycles. The quantitative estimate of drug-likeness (QED) is 0.0632. The number of halogens is 4. The minimum Gasteiger partial charge on any atom is -0.361 e. The number of rotatable bonds is 14. The Labute approximate surface area is 361 Å². The zero-order valence-electron chi connectivity index (χ0n) is 34.7. The van der Waals surface area contributed by atoms with Gasteiger partial charge in [-0.15, -0.1) is 0 Å². The minimum atomic E-state index is -1.19. The summed E-state index contributed by atoms with van der Waals surface area (Å²) < 4.78 is 45.8. The average Bonchev–Trinajstić information content (AvgIpc) is 3.96. The van der Waals surface area contributed by atoms with Gasteiger partial charge in [-0.2, -0.15) is 10.2 Å². The number of aromatic nitrogens is 10. The summed E-state index contributed by atoms with van der Waals surface area (Å²) in [5.41, 5.74) is 5.07. The van der Waals surface area contributed by atoms with Crippen molar-refractivity contribution in [2.45, 2.75) is 64.8 Å². The Balaban J connectivity index is 0.000000184. The number of benzene rings is 2. The van der Waals surface area contributed by atoms with Crippen LogP contribution in [0, 0.1) is 11.6 Å². The molecule has 0 unspecified atom stereocenters. The van der Waals surface area contributed by atoms with Crippen LogP contribution in [0.2, 0.25) is 61.4 Å². The fourth-order valence-corrected chi connectivity index (χ4v) is 8.49. The summed E-state index contributed by atoms with van der Waals surface area (Å²) in [6.07, 6.45) is 7.84.